The second kappa shape index (κ2) is 12.3. The average molecular weight is 579 g/mol. The molecule has 0 radical (unpaired) electrons. The summed E-state index contributed by atoms with van der Waals surface area (Å²) in [6, 6.07) is 6.47. The summed E-state index contributed by atoms with van der Waals surface area (Å²) in [6.07, 6.45) is -0.959. The Morgan fingerprint density at radius 1 is 1.08 bits per heavy atom. The maximum Gasteiger partial charge on any atom is 0.410 e. The molecular weight excluding hydrogens is 544 g/mol. The van der Waals surface area contributed by atoms with Gasteiger partial charge in [0.2, 0.25) is 11.8 Å². The maximum absolute atomic E-state index is 13.1. The number of benzene rings is 1. The third-order valence-corrected chi connectivity index (χ3v) is 9.67. The molecule has 2 rings (SSSR count). The number of aliphatic hydroxyl groups is 1. The van der Waals surface area contributed by atoms with E-state index in [1.54, 1.807) is 51.1 Å². The fourth-order valence-corrected chi connectivity index (χ4v) is 6.01. The number of amides is 3. The van der Waals surface area contributed by atoms with Crippen LogP contribution in [-0.4, -0.2) is 83.3 Å². The standard InChI is InChI=1S/C22H35N3O11P2/c1-21(2,3)36-20(28)25-13-7-10-17(25)19(27)24-16(14-15-8-5-4-6-9-15)18(26)23-12-11-22(29,37(30,31)32)38(33,34)35/h4-6,8-9,16-17,29H,7,10-14H2,1-3H3,(H,23,26)(H,24,27)(H2,30,31,32)(H2,33,34,35)/t16-,17-/m0/s1. The first-order valence-electron chi connectivity index (χ1n) is 11.8. The van der Waals surface area contributed by atoms with E-state index in [1.165, 1.54) is 4.90 Å². The molecule has 1 heterocycles. The molecule has 0 bridgehead atoms. The number of hydrogen-bond acceptors (Lipinski definition) is 7. The Morgan fingerprint density at radius 3 is 2.18 bits per heavy atom. The van der Waals surface area contributed by atoms with E-state index < -0.39 is 68.8 Å². The molecule has 14 nitrogen and oxygen atoms in total. The Kier molecular flexibility index (Phi) is 10.3. The quantitative estimate of drug-likeness (QED) is 0.190. The number of likely N-dealkylation sites (tertiary alicyclic amines) is 1. The van der Waals surface area contributed by atoms with Gasteiger partial charge in [0.25, 0.3) is 5.08 Å². The molecule has 3 amide bonds. The van der Waals surface area contributed by atoms with E-state index in [0.717, 1.165) is 0 Å². The van der Waals surface area contributed by atoms with Gasteiger partial charge >= 0.3 is 21.3 Å². The van der Waals surface area contributed by atoms with E-state index in [-0.39, 0.29) is 13.0 Å². The van der Waals surface area contributed by atoms with Gasteiger partial charge in [0, 0.05) is 25.9 Å². The number of ether oxygens (including phenoxy) is 1. The van der Waals surface area contributed by atoms with Crippen LogP contribution in [0.3, 0.4) is 0 Å². The first kappa shape index (κ1) is 31.9. The van der Waals surface area contributed by atoms with Crippen molar-refractivity contribution in [2.24, 2.45) is 0 Å². The normalized spacial score (nSPS) is 17.6. The molecule has 214 valence electrons. The number of nitrogens with one attached hydrogen (secondary N) is 2. The fraction of sp³-hybridized carbons (Fsp3) is 0.591. The van der Waals surface area contributed by atoms with E-state index in [9.17, 15) is 48.2 Å². The molecule has 1 aromatic rings. The summed E-state index contributed by atoms with van der Waals surface area (Å²) in [5, 5.41) is 11.2. The SMILES string of the molecule is CC(C)(C)OC(=O)N1CCC[C@H]1C(=O)N[C@@H](Cc1ccccc1)C(=O)NCCC(O)(P(=O)(O)O)P(=O)(O)O. The number of nitrogens with zero attached hydrogens (tertiary/aromatic N) is 1. The van der Waals surface area contributed by atoms with Crippen LogP contribution >= 0.6 is 15.2 Å². The smallest absolute Gasteiger partial charge is 0.410 e. The van der Waals surface area contributed by atoms with E-state index in [1.807, 2.05) is 0 Å². The van der Waals surface area contributed by atoms with Gasteiger partial charge in [-0.3, -0.25) is 23.6 Å². The Morgan fingerprint density at radius 2 is 1.66 bits per heavy atom. The number of rotatable bonds is 10. The van der Waals surface area contributed by atoms with E-state index in [4.69, 9.17) is 4.74 Å². The van der Waals surface area contributed by atoms with Crippen LogP contribution in [-0.2, 0) is 29.9 Å². The lowest BCUT2D eigenvalue weighted by atomic mass is 10.0. The maximum atomic E-state index is 13.1. The fourth-order valence-electron chi connectivity index (χ4n) is 3.84. The van der Waals surface area contributed by atoms with Gasteiger partial charge < -0.3 is 40.1 Å². The Labute approximate surface area is 220 Å². The zero-order valence-electron chi connectivity index (χ0n) is 21.3. The highest BCUT2D eigenvalue weighted by Crippen LogP contribution is 2.68. The topological polar surface area (TPSA) is 223 Å². The summed E-state index contributed by atoms with van der Waals surface area (Å²) < 4.78 is 28.5. The minimum Gasteiger partial charge on any atom is -0.444 e. The molecule has 0 aromatic heterocycles. The van der Waals surface area contributed by atoms with Crippen molar-refractivity contribution in [3.63, 3.8) is 0 Å². The molecule has 0 spiro atoms. The summed E-state index contributed by atoms with van der Waals surface area (Å²) in [7, 11) is -11.4. The number of hydrogen-bond donors (Lipinski definition) is 7. The van der Waals surface area contributed by atoms with Crippen LogP contribution in [0, 0.1) is 0 Å². The Bertz CT molecular complexity index is 1080. The average Bonchev–Trinajstić information content (AvgIpc) is 3.27. The molecule has 0 saturated carbocycles. The molecule has 38 heavy (non-hydrogen) atoms. The predicted molar refractivity (Wildman–Crippen MR) is 135 cm³/mol. The highest BCUT2D eigenvalue weighted by atomic mass is 31.2. The van der Waals surface area contributed by atoms with Crippen molar-refractivity contribution in [2.45, 2.75) is 69.2 Å². The summed E-state index contributed by atoms with van der Waals surface area (Å²) in [5.74, 6) is -1.45. The van der Waals surface area contributed by atoms with E-state index in [0.29, 0.717) is 18.4 Å². The molecule has 16 heteroatoms. The lowest BCUT2D eigenvalue weighted by Gasteiger charge is -2.30. The molecule has 0 aliphatic carbocycles. The van der Waals surface area contributed by atoms with Crippen molar-refractivity contribution in [3.8, 4) is 0 Å². The van der Waals surface area contributed by atoms with Crippen molar-refractivity contribution >= 4 is 33.1 Å². The molecule has 2 atom stereocenters. The van der Waals surface area contributed by atoms with Crippen LogP contribution in [0.25, 0.3) is 0 Å². The number of carbonyl (C=O) groups excluding carboxylic acids is 3. The minimum atomic E-state index is -5.69. The molecule has 1 aromatic carbocycles. The highest BCUT2D eigenvalue weighted by Gasteiger charge is 2.58. The van der Waals surface area contributed by atoms with Gasteiger partial charge in [-0.25, -0.2) is 4.79 Å². The van der Waals surface area contributed by atoms with Crippen LogP contribution in [0.4, 0.5) is 4.79 Å². The van der Waals surface area contributed by atoms with Gasteiger partial charge in [-0.15, -0.1) is 0 Å². The van der Waals surface area contributed by atoms with Crippen LogP contribution in [0.1, 0.15) is 45.6 Å². The highest BCUT2D eigenvalue weighted by molar-refractivity contribution is 7.72. The van der Waals surface area contributed by atoms with E-state index >= 15 is 0 Å². The van der Waals surface area contributed by atoms with Gasteiger partial charge in [0.1, 0.15) is 17.7 Å². The van der Waals surface area contributed by atoms with Crippen LogP contribution in [0.15, 0.2) is 30.3 Å². The van der Waals surface area contributed by atoms with Crippen molar-refractivity contribution in [1.82, 2.24) is 15.5 Å². The van der Waals surface area contributed by atoms with Crippen LogP contribution in [0.5, 0.6) is 0 Å². The van der Waals surface area contributed by atoms with Gasteiger partial charge in [0.05, 0.1) is 0 Å². The monoisotopic (exact) mass is 579 g/mol. The summed E-state index contributed by atoms with van der Waals surface area (Å²) in [5.41, 5.74) is -0.122. The first-order chi connectivity index (χ1) is 17.4. The van der Waals surface area contributed by atoms with Crippen LogP contribution in [0.2, 0.25) is 0 Å². The zero-order valence-corrected chi connectivity index (χ0v) is 23.1. The van der Waals surface area contributed by atoms with E-state index in [2.05, 4.69) is 10.6 Å². The third kappa shape index (κ3) is 8.34. The second-order valence-electron chi connectivity index (χ2n) is 9.99. The second-order valence-corrected chi connectivity index (χ2v) is 14.0. The van der Waals surface area contributed by atoms with Crippen molar-refractivity contribution < 1.29 is 52.9 Å². The third-order valence-electron chi connectivity index (χ3n) is 5.79. The minimum absolute atomic E-state index is 0.00117. The summed E-state index contributed by atoms with van der Waals surface area (Å²) >= 11 is 0. The molecule has 1 aliphatic rings. The summed E-state index contributed by atoms with van der Waals surface area (Å²) in [6.45, 7) is 4.63. The molecule has 7 N–H and O–H groups in total. The lowest BCUT2D eigenvalue weighted by molar-refractivity contribution is -0.131. The van der Waals surface area contributed by atoms with Crippen molar-refractivity contribution in [3.05, 3.63) is 35.9 Å². The zero-order chi connectivity index (χ0) is 28.9. The Hall–Kier alpha value is -2.31. The van der Waals surface area contributed by atoms with Gasteiger partial charge in [-0.2, -0.15) is 0 Å². The van der Waals surface area contributed by atoms with Crippen molar-refractivity contribution in [2.75, 3.05) is 13.1 Å². The molecular formula is C22H35N3O11P2. The molecule has 1 fully saturated rings. The van der Waals surface area contributed by atoms with Crippen LogP contribution < -0.4 is 10.6 Å². The van der Waals surface area contributed by atoms with Gasteiger partial charge in [0.15, 0.2) is 0 Å². The summed E-state index contributed by atoms with van der Waals surface area (Å²) in [4.78, 5) is 77.1. The van der Waals surface area contributed by atoms with Gasteiger partial charge in [-0.05, 0) is 39.2 Å². The molecule has 0 unspecified atom stereocenters. The largest absolute Gasteiger partial charge is 0.444 e. The molecule has 1 aliphatic heterocycles. The van der Waals surface area contributed by atoms with Crippen molar-refractivity contribution in [1.29, 1.82) is 0 Å². The van der Waals surface area contributed by atoms with Gasteiger partial charge in [-0.1, -0.05) is 30.3 Å². The first-order valence-corrected chi connectivity index (χ1v) is 15.0. The lowest BCUT2D eigenvalue weighted by Crippen LogP contribution is -2.54. The molecule has 1 saturated heterocycles. The number of carbonyl (C=O) groups is 3. The predicted octanol–water partition coefficient (Wildman–Crippen LogP) is 0.621. The Balaban J connectivity index is 2.17.